The van der Waals surface area contributed by atoms with Crippen LogP contribution in [0.1, 0.15) is 38.2 Å². The average Bonchev–Trinajstić information content (AvgIpc) is 2.93. The number of hydrogen-bond donors (Lipinski definition) is 1. The zero-order chi connectivity index (χ0) is 18.1. The molecule has 2 aromatic carbocycles. The van der Waals surface area contributed by atoms with Crippen molar-refractivity contribution in [3.05, 3.63) is 63.7 Å². The number of carbonyl (C=O) groups excluding carboxylic acids is 1. The molecule has 0 spiro atoms. The molecule has 5 heteroatoms. The van der Waals surface area contributed by atoms with Crippen molar-refractivity contribution in [2.45, 2.75) is 34.6 Å². The molecule has 25 heavy (non-hydrogen) atoms. The second-order valence-corrected chi connectivity index (χ2v) is 7.49. The van der Waals surface area contributed by atoms with Gasteiger partial charge in [0, 0.05) is 11.1 Å². The normalized spacial score (nSPS) is 10.8. The first kappa shape index (κ1) is 17.3. The van der Waals surface area contributed by atoms with Gasteiger partial charge in [-0.25, -0.2) is 0 Å². The molecule has 0 aliphatic rings. The van der Waals surface area contributed by atoms with Gasteiger partial charge in [-0.3, -0.25) is 10.1 Å². The zero-order valence-electron chi connectivity index (χ0n) is 15.1. The summed E-state index contributed by atoms with van der Waals surface area (Å²) in [5.74, 6) is -0.160. The fourth-order valence-electron chi connectivity index (χ4n) is 3.17. The summed E-state index contributed by atoms with van der Waals surface area (Å²) in [6, 6.07) is 10.1. The Morgan fingerprint density at radius 1 is 0.840 bits per heavy atom. The summed E-state index contributed by atoms with van der Waals surface area (Å²) in [5, 5.41) is 12.6. The number of carbonyl (C=O) groups is 1. The molecule has 128 valence electrons. The number of benzene rings is 2. The fourth-order valence-corrected chi connectivity index (χ4v) is 4.08. The molecule has 0 fully saturated rings. The van der Waals surface area contributed by atoms with Crippen LogP contribution in [0.4, 0.5) is 5.13 Å². The number of nitrogens with zero attached hydrogens (tertiary/aromatic N) is 2. The van der Waals surface area contributed by atoms with Crippen LogP contribution in [0.15, 0.2) is 30.3 Å². The second-order valence-electron chi connectivity index (χ2n) is 6.52. The van der Waals surface area contributed by atoms with E-state index in [9.17, 15) is 4.79 Å². The molecule has 0 bridgehead atoms. The maximum Gasteiger partial charge on any atom is 0.257 e. The Morgan fingerprint density at radius 3 is 2.00 bits per heavy atom. The van der Waals surface area contributed by atoms with Crippen molar-refractivity contribution in [3.8, 4) is 10.6 Å². The number of hydrogen-bond acceptors (Lipinski definition) is 4. The standard InChI is InChI=1S/C20H21N3OS/c1-11-6-12(2)10-16(9-11)18(24)21-20-23-22-19(25-20)17-14(4)7-13(3)8-15(17)5/h6-10H,1-5H3,(H,21,23,24). The van der Waals surface area contributed by atoms with Crippen LogP contribution in [-0.2, 0) is 0 Å². The summed E-state index contributed by atoms with van der Waals surface area (Å²) in [5.41, 5.74) is 7.42. The van der Waals surface area contributed by atoms with Gasteiger partial charge in [-0.1, -0.05) is 46.2 Å². The van der Waals surface area contributed by atoms with Crippen molar-refractivity contribution in [1.82, 2.24) is 10.2 Å². The number of anilines is 1. The number of aryl methyl sites for hydroxylation is 5. The Bertz CT molecular complexity index is 916. The van der Waals surface area contributed by atoms with Crippen LogP contribution >= 0.6 is 11.3 Å². The van der Waals surface area contributed by atoms with E-state index in [0.29, 0.717) is 10.7 Å². The summed E-state index contributed by atoms with van der Waals surface area (Å²) in [6.07, 6.45) is 0. The van der Waals surface area contributed by atoms with Gasteiger partial charge in [-0.2, -0.15) is 0 Å². The molecule has 0 radical (unpaired) electrons. The van der Waals surface area contributed by atoms with E-state index >= 15 is 0 Å². The smallest absolute Gasteiger partial charge is 0.257 e. The molecule has 4 nitrogen and oxygen atoms in total. The summed E-state index contributed by atoms with van der Waals surface area (Å²) >= 11 is 1.40. The van der Waals surface area contributed by atoms with Crippen molar-refractivity contribution >= 4 is 22.4 Å². The van der Waals surface area contributed by atoms with Gasteiger partial charge in [0.25, 0.3) is 5.91 Å². The maximum atomic E-state index is 12.5. The molecule has 0 atom stereocenters. The zero-order valence-corrected chi connectivity index (χ0v) is 15.9. The van der Waals surface area contributed by atoms with E-state index in [1.165, 1.54) is 28.0 Å². The van der Waals surface area contributed by atoms with Crippen LogP contribution in [0.25, 0.3) is 10.6 Å². The first-order valence-electron chi connectivity index (χ1n) is 8.15. The lowest BCUT2D eigenvalue weighted by atomic mass is 10.0. The summed E-state index contributed by atoms with van der Waals surface area (Å²) in [7, 11) is 0. The van der Waals surface area contributed by atoms with Crippen molar-refractivity contribution < 1.29 is 4.79 Å². The van der Waals surface area contributed by atoms with Crippen LogP contribution in [-0.4, -0.2) is 16.1 Å². The number of nitrogens with one attached hydrogen (secondary N) is 1. The van der Waals surface area contributed by atoms with Crippen LogP contribution in [0.3, 0.4) is 0 Å². The third kappa shape index (κ3) is 3.77. The Labute approximate surface area is 151 Å². The number of rotatable bonds is 3. The van der Waals surface area contributed by atoms with E-state index < -0.39 is 0 Å². The van der Waals surface area contributed by atoms with E-state index in [1.54, 1.807) is 0 Å². The van der Waals surface area contributed by atoms with Gasteiger partial charge in [0.1, 0.15) is 5.01 Å². The molecular formula is C20H21N3OS. The molecule has 3 aromatic rings. The average molecular weight is 351 g/mol. The molecule has 1 amide bonds. The highest BCUT2D eigenvalue weighted by Crippen LogP contribution is 2.32. The van der Waals surface area contributed by atoms with Gasteiger partial charge in [0.15, 0.2) is 0 Å². The first-order chi connectivity index (χ1) is 11.8. The Balaban J connectivity index is 1.86. The largest absolute Gasteiger partial charge is 0.296 e. The third-order valence-corrected chi connectivity index (χ3v) is 4.88. The fraction of sp³-hybridized carbons (Fsp3) is 0.250. The van der Waals surface area contributed by atoms with E-state index in [-0.39, 0.29) is 5.91 Å². The maximum absolute atomic E-state index is 12.5. The quantitative estimate of drug-likeness (QED) is 0.722. The predicted molar refractivity (Wildman–Crippen MR) is 103 cm³/mol. The van der Waals surface area contributed by atoms with Crippen LogP contribution < -0.4 is 5.32 Å². The van der Waals surface area contributed by atoms with Crippen LogP contribution in [0, 0.1) is 34.6 Å². The molecule has 0 aliphatic carbocycles. The van der Waals surface area contributed by atoms with Gasteiger partial charge < -0.3 is 0 Å². The van der Waals surface area contributed by atoms with Crippen LogP contribution in [0.2, 0.25) is 0 Å². The van der Waals surface area contributed by atoms with Gasteiger partial charge in [-0.05, 0) is 57.9 Å². The second kappa shape index (κ2) is 6.76. The topological polar surface area (TPSA) is 54.9 Å². The van der Waals surface area contributed by atoms with Gasteiger partial charge >= 0.3 is 0 Å². The number of amides is 1. The highest BCUT2D eigenvalue weighted by atomic mass is 32.1. The molecule has 0 saturated carbocycles. The Kier molecular flexibility index (Phi) is 4.68. The first-order valence-corrected chi connectivity index (χ1v) is 8.96. The molecule has 3 rings (SSSR count). The van der Waals surface area contributed by atoms with E-state index in [4.69, 9.17) is 0 Å². The van der Waals surface area contributed by atoms with E-state index in [2.05, 4.69) is 48.4 Å². The summed E-state index contributed by atoms with van der Waals surface area (Å²) in [6.45, 7) is 10.2. The van der Waals surface area contributed by atoms with Gasteiger partial charge in [0.05, 0.1) is 0 Å². The van der Waals surface area contributed by atoms with Gasteiger partial charge in [-0.15, -0.1) is 10.2 Å². The van der Waals surface area contributed by atoms with E-state index in [1.807, 2.05) is 32.0 Å². The molecule has 0 unspecified atom stereocenters. The molecule has 1 N–H and O–H groups in total. The lowest BCUT2D eigenvalue weighted by Crippen LogP contribution is -2.12. The highest BCUT2D eigenvalue weighted by Gasteiger charge is 2.15. The van der Waals surface area contributed by atoms with Crippen molar-refractivity contribution in [2.75, 3.05) is 5.32 Å². The molecule has 1 aromatic heterocycles. The minimum absolute atomic E-state index is 0.160. The van der Waals surface area contributed by atoms with Crippen molar-refractivity contribution in [1.29, 1.82) is 0 Å². The Hall–Kier alpha value is -2.53. The van der Waals surface area contributed by atoms with E-state index in [0.717, 1.165) is 21.7 Å². The monoisotopic (exact) mass is 351 g/mol. The predicted octanol–water partition coefficient (Wildman–Crippen LogP) is 5.00. The number of aromatic nitrogens is 2. The SMILES string of the molecule is Cc1cc(C)cc(C(=O)Nc2nnc(-c3c(C)cc(C)cc3C)s2)c1. The molecule has 0 aliphatic heterocycles. The lowest BCUT2D eigenvalue weighted by molar-refractivity contribution is 0.102. The minimum atomic E-state index is -0.160. The molecule has 1 heterocycles. The molecule has 0 saturated heterocycles. The minimum Gasteiger partial charge on any atom is -0.296 e. The van der Waals surface area contributed by atoms with Gasteiger partial charge in [0.2, 0.25) is 5.13 Å². The molecular weight excluding hydrogens is 330 g/mol. The van der Waals surface area contributed by atoms with Crippen molar-refractivity contribution in [3.63, 3.8) is 0 Å². The summed E-state index contributed by atoms with van der Waals surface area (Å²) in [4.78, 5) is 12.5. The van der Waals surface area contributed by atoms with Crippen LogP contribution in [0.5, 0.6) is 0 Å². The third-order valence-electron chi connectivity index (χ3n) is 4.02. The lowest BCUT2D eigenvalue weighted by Gasteiger charge is -2.07. The summed E-state index contributed by atoms with van der Waals surface area (Å²) < 4.78 is 0. The Morgan fingerprint density at radius 2 is 1.40 bits per heavy atom. The van der Waals surface area contributed by atoms with Crippen molar-refractivity contribution in [2.24, 2.45) is 0 Å². The highest BCUT2D eigenvalue weighted by molar-refractivity contribution is 7.18.